The molecule has 11 heteroatoms. The van der Waals surface area contributed by atoms with Crippen LogP contribution in [-0.4, -0.2) is 114 Å². The molecule has 0 spiro atoms. The molecule has 10 nitrogen and oxygen atoms in total. The minimum atomic E-state index is -1.59. The van der Waals surface area contributed by atoms with Crippen molar-refractivity contribution in [2.24, 2.45) is 17.8 Å². The van der Waals surface area contributed by atoms with Gasteiger partial charge in [-0.05, 0) is 51.7 Å². The molecule has 10 atom stereocenters. The van der Waals surface area contributed by atoms with Gasteiger partial charge in [-0.15, -0.1) is 0 Å². The molecular formula is C33H71NO9S. The monoisotopic (exact) mass is 657 g/mol. The van der Waals surface area contributed by atoms with Gasteiger partial charge in [-0.2, -0.15) is 11.8 Å². The third-order valence-electron chi connectivity index (χ3n) is 8.09. The van der Waals surface area contributed by atoms with Gasteiger partial charge in [0.15, 0.2) is 0 Å². The number of hydrogen-bond donors (Lipinski definition) is 5. The highest BCUT2D eigenvalue weighted by atomic mass is 32.2. The van der Waals surface area contributed by atoms with Crippen molar-refractivity contribution in [2.75, 3.05) is 46.8 Å². The summed E-state index contributed by atoms with van der Waals surface area (Å²) in [6, 6.07) is 0. The lowest BCUT2D eigenvalue weighted by atomic mass is 9.92. The Morgan fingerprint density at radius 3 is 2.20 bits per heavy atom. The molecular weight excluding hydrogens is 586 g/mol. The van der Waals surface area contributed by atoms with Crippen molar-refractivity contribution >= 4 is 17.7 Å². The first kappa shape index (κ1) is 47.9. The Kier molecular flexibility index (Phi) is 28.9. The highest BCUT2D eigenvalue weighted by Crippen LogP contribution is 2.27. The van der Waals surface area contributed by atoms with E-state index in [1.807, 2.05) is 61.6 Å². The van der Waals surface area contributed by atoms with Crippen molar-refractivity contribution in [1.29, 1.82) is 0 Å². The summed E-state index contributed by atoms with van der Waals surface area (Å²) in [6.07, 6.45) is 2.99. The molecule has 0 bridgehead atoms. The molecule has 0 aromatic rings. The van der Waals surface area contributed by atoms with Crippen molar-refractivity contribution in [3.05, 3.63) is 0 Å². The smallest absolute Gasteiger partial charge is 0.308 e. The summed E-state index contributed by atoms with van der Waals surface area (Å²) in [6.45, 7) is 22.2. The first-order valence-corrected chi connectivity index (χ1v) is 17.7. The van der Waals surface area contributed by atoms with Gasteiger partial charge in [-0.25, -0.2) is 0 Å². The lowest BCUT2D eigenvalue weighted by Crippen LogP contribution is -2.53. The number of rotatable bonds is 16. The van der Waals surface area contributed by atoms with Crippen molar-refractivity contribution in [2.45, 2.75) is 143 Å². The number of hydrogen-bond acceptors (Lipinski definition) is 11. The van der Waals surface area contributed by atoms with Gasteiger partial charge >= 0.3 is 5.97 Å². The molecule has 1 saturated heterocycles. The van der Waals surface area contributed by atoms with Crippen molar-refractivity contribution < 1.29 is 44.2 Å². The summed E-state index contributed by atoms with van der Waals surface area (Å²) in [5, 5.41) is 42.6. The van der Waals surface area contributed by atoms with Crippen LogP contribution in [0, 0.1) is 17.8 Å². The second kappa shape index (κ2) is 26.6. The number of nitrogens with one attached hydrogen (secondary N) is 1. The van der Waals surface area contributed by atoms with Crippen LogP contribution in [0.2, 0.25) is 0 Å². The van der Waals surface area contributed by atoms with Gasteiger partial charge in [0.25, 0.3) is 0 Å². The fourth-order valence-electron chi connectivity index (χ4n) is 4.25. The quantitative estimate of drug-likeness (QED) is 0.117. The number of methoxy groups -OCH3 is 2. The maximum Gasteiger partial charge on any atom is 0.308 e. The molecule has 0 aromatic carbocycles. The van der Waals surface area contributed by atoms with E-state index in [2.05, 4.69) is 12.2 Å². The Hall–Kier alpha value is -0.500. The molecule has 5 N–H and O–H groups in total. The predicted molar refractivity (Wildman–Crippen MR) is 182 cm³/mol. The summed E-state index contributed by atoms with van der Waals surface area (Å²) in [5.74, 6) is -0.456. The number of esters is 1. The van der Waals surface area contributed by atoms with Crippen LogP contribution >= 0.6 is 11.8 Å². The largest absolute Gasteiger partial charge is 0.462 e. The topological polar surface area (TPSA) is 147 Å². The Bertz CT molecular complexity index is 684. The summed E-state index contributed by atoms with van der Waals surface area (Å²) < 4.78 is 21.5. The molecule has 1 aliphatic heterocycles. The standard InChI is InChI=1S/C20H41NO6S.C9H18O3.2C2H6/c1-8-13(2)10-21-19(24)20(5,25)12-27-18(23)14(3)9-16(26-6)15(4)17(11-22)28-7;1-7-8(10)6-9(2,11-3)4-5-12-7;2*1-2/h13-17,19,21-22,24-25H,8-12H2,1-7H3;7-8,10H,4-6H2,1-3H3;2*1-2H3/t13-,14?,15+,16-,17+,19?,20-;7?,8-,9-;;/m11../s1. The molecule has 1 aliphatic rings. The van der Waals surface area contributed by atoms with Crippen molar-refractivity contribution in [1.82, 2.24) is 5.32 Å². The molecule has 0 radical (unpaired) electrons. The summed E-state index contributed by atoms with van der Waals surface area (Å²) in [7, 11) is 3.28. The van der Waals surface area contributed by atoms with Crippen molar-refractivity contribution in [3.8, 4) is 0 Å². The van der Waals surface area contributed by atoms with Crippen LogP contribution in [0.5, 0.6) is 0 Å². The van der Waals surface area contributed by atoms with Gasteiger partial charge in [0, 0.05) is 39.0 Å². The van der Waals surface area contributed by atoms with Crippen LogP contribution < -0.4 is 5.32 Å². The summed E-state index contributed by atoms with van der Waals surface area (Å²) in [5.41, 5.74) is -1.80. The molecule has 1 heterocycles. The fraction of sp³-hybridized carbons (Fsp3) is 0.970. The molecule has 3 unspecified atom stereocenters. The maximum atomic E-state index is 12.4. The number of aliphatic hydroxyl groups is 4. The summed E-state index contributed by atoms with van der Waals surface area (Å²) in [4.78, 5) is 12.4. The second-order valence-corrected chi connectivity index (χ2v) is 12.8. The zero-order chi connectivity index (χ0) is 35.1. The minimum absolute atomic E-state index is 0.0284. The first-order chi connectivity index (χ1) is 20.6. The highest BCUT2D eigenvalue weighted by molar-refractivity contribution is 7.99. The Morgan fingerprint density at radius 1 is 1.18 bits per heavy atom. The Balaban J connectivity index is -0.000000865. The summed E-state index contributed by atoms with van der Waals surface area (Å²) >= 11 is 1.57. The SMILES string of the molecule is CC.CC.CC[C@@H](C)CNC(O)[C@](C)(O)COC(=O)C(C)C[C@@H](OC)[C@H](C)[C@H](CO)SC.CO[C@]1(C)CCOC(C)[C@H](O)C1. The van der Waals surface area contributed by atoms with E-state index in [0.29, 0.717) is 31.9 Å². The Morgan fingerprint density at radius 2 is 1.75 bits per heavy atom. The molecule has 0 aromatic heterocycles. The normalized spacial score (nSPS) is 25.3. The average Bonchev–Trinajstić information content (AvgIpc) is 3.16. The highest BCUT2D eigenvalue weighted by Gasteiger charge is 2.35. The van der Waals surface area contributed by atoms with Crippen LogP contribution in [0.25, 0.3) is 0 Å². The molecule has 1 fully saturated rings. The number of thioether (sulfide) groups is 1. The lowest BCUT2D eigenvalue weighted by Gasteiger charge is -2.31. The number of carbonyl (C=O) groups is 1. The van der Waals surface area contributed by atoms with Gasteiger partial charge in [0.1, 0.15) is 18.4 Å². The van der Waals surface area contributed by atoms with Gasteiger partial charge in [0.2, 0.25) is 0 Å². The van der Waals surface area contributed by atoms with Crippen LogP contribution in [0.4, 0.5) is 0 Å². The van der Waals surface area contributed by atoms with Crippen LogP contribution in [-0.2, 0) is 23.7 Å². The van der Waals surface area contributed by atoms with E-state index in [4.69, 9.17) is 18.9 Å². The Labute approximate surface area is 274 Å². The van der Waals surface area contributed by atoms with E-state index >= 15 is 0 Å². The third-order valence-corrected chi connectivity index (χ3v) is 9.27. The number of carbonyl (C=O) groups excluding carboxylic acids is 1. The van der Waals surface area contributed by atoms with E-state index < -0.39 is 29.8 Å². The number of ether oxygens (including phenoxy) is 4. The van der Waals surface area contributed by atoms with Gasteiger partial charge in [-0.3, -0.25) is 10.1 Å². The van der Waals surface area contributed by atoms with Gasteiger partial charge in [0.05, 0.1) is 36.4 Å². The zero-order valence-electron chi connectivity index (χ0n) is 30.5. The minimum Gasteiger partial charge on any atom is -0.462 e. The molecule has 0 amide bonds. The van der Waals surface area contributed by atoms with Crippen molar-refractivity contribution in [3.63, 3.8) is 0 Å². The van der Waals surface area contributed by atoms with E-state index in [-0.39, 0.29) is 42.2 Å². The average molecular weight is 658 g/mol. The lowest BCUT2D eigenvalue weighted by molar-refractivity contribution is -0.165. The van der Waals surface area contributed by atoms with Crippen LogP contribution in [0.3, 0.4) is 0 Å². The van der Waals surface area contributed by atoms with E-state index in [9.17, 15) is 25.2 Å². The predicted octanol–water partition coefficient (Wildman–Crippen LogP) is 4.64. The maximum absolute atomic E-state index is 12.4. The molecule has 0 saturated carbocycles. The zero-order valence-corrected chi connectivity index (χ0v) is 31.3. The van der Waals surface area contributed by atoms with Crippen LogP contribution in [0.15, 0.2) is 0 Å². The first-order valence-electron chi connectivity index (χ1n) is 16.4. The van der Waals surface area contributed by atoms with Gasteiger partial charge in [-0.1, -0.05) is 61.8 Å². The van der Waals surface area contributed by atoms with E-state index in [0.717, 1.165) is 12.8 Å². The molecule has 0 aliphatic carbocycles. The van der Waals surface area contributed by atoms with Crippen LogP contribution in [0.1, 0.15) is 102 Å². The third kappa shape index (κ3) is 19.2. The molecule has 44 heavy (non-hydrogen) atoms. The number of aliphatic hydroxyl groups excluding tert-OH is 3. The van der Waals surface area contributed by atoms with E-state index in [1.54, 1.807) is 32.9 Å². The molecule has 268 valence electrons. The van der Waals surface area contributed by atoms with E-state index in [1.165, 1.54) is 6.92 Å². The fourth-order valence-corrected chi connectivity index (χ4v) is 5.00. The van der Waals surface area contributed by atoms with Gasteiger partial charge < -0.3 is 39.4 Å². The molecule has 1 rings (SSSR count). The second-order valence-electron chi connectivity index (χ2n) is 11.8.